The molecule has 0 aliphatic carbocycles. The van der Waals surface area contributed by atoms with E-state index < -0.39 is 0 Å². The van der Waals surface area contributed by atoms with Gasteiger partial charge in [0, 0.05) is 5.56 Å². The molecule has 3 nitrogen and oxygen atoms in total. The summed E-state index contributed by atoms with van der Waals surface area (Å²) in [6, 6.07) is 7.74. The van der Waals surface area contributed by atoms with Gasteiger partial charge in [-0.25, -0.2) is 0 Å². The van der Waals surface area contributed by atoms with Crippen molar-refractivity contribution in [1.29, 1.82) is 0 Å². The highest BCUT2D eigenvalue weighted by Crippen LogP contribution is 2.30. The van der Waals surface area contributed by atoms with E-state index in [0.29, 0.717) is 10.8 Å². The Hall–Kier alpha value is -1.45. The first kappa shape index (κ1) is 12.0. The van der Waals surface area contributed by atoms with Crippen molar-refractivity contribution in [3.05, 3.63) is 52.9 Å². The van der Waals surface area contributed by atoms with Crippen LogP contribution in [0.5, 0.6) is 5.75 Å². The van der Waals surface area contributed by atoms with E-state index in [1.54, 1.807) is 19.6 Å². The normalized spacial score (nSPS) is 12.4. The van der Waals surface area contributed by atoms with Gasteiger partial charge >= 0.3 is 0 Å². The van der Waals surface area contributed by atoms with Crippen LogP contribution in [0, 0.1) is 0 Å². The Kier molecular flexibility index (Phi) is 3.71. The molecule has 0 aliphatic heterocycles. The van der Waals surface area contributed by atoms with Crippen LogP contribution in [-0.4, -0.2) is 14.2 Å². The Balaban J connectivity index is 2.35. The maximum atomic E-state index is 6.12. The average Bonchev–Trinajstić information content (AvgIpc) is 2.84. The van der Waals surface area contributed by atoms with Gasteiger partial charge < -0.3 is 14.5 Å². The summed E-state index contributed by atoms with van der Waals surface area (Å²) in [5.74, 6) is 0.678. The van der Waals surface area contributed by atoms with Gasteiger partial charge in [-0.05, 0) is 30.8 Å². The minimum absolute atomic E-state index is 0.0668. The highest BCUT2D eigenvalue weighted by Gasteiger charge is 2.14. The third kappa shape index (κ3) is 2.46. The van der Waals surface area contributed by atoms with Crippen LogP contribution in [-0.2, 0) is 0 Å². The first-order valence-corrected chi connectivity index (χ1v) is 5.67. The number of ether oxygens (including phenoxy) is 1. The van der Waals surface area contributed by atoms with E-state index in [2.05, 4.69) is 5.32 Å². The summed E-state index contributed by atoms with van der Waals surface area (Å²) in [5, 5.41) is 3.83. The van der Waals surface area contributed by atoms with Crippen LogP contribution in [0.1, 0.15) is 17.2 Å². The van der Waals surface area contributed by atoms with E-state index >= 15 is 0 Å². The molecule has 1 aromatic heterocycles. The van der Waals surface area contributed by atoms with Crippen molar-refractivity contribution in [2.24, 2.45) is 0 Å². The van der Waals surface area contributed by atoms with Gasteiger partial charge in [0.15, 0.2) is 0 Å². The molecule has 0 spiro atoms. The minimum Gasteiger partial charge on any atom is -0.495 e. The minimum atomic E-state index is 0.0668. The molecule has 0 fully saturated rings. The molecule has 4 heteroatoms. The highest BCUT2D eigenvalue weighted by atomic mass is 35.5. The predicted octanol–water partition coefficient (Wildman–Crippen LogP) is 3.25. The summed E-state index contributed by atoms with van der Waals surface area (Å²) in [7, 11) is 3.50. The summed E-state index contributed by atoms with van der Waals surface area (Å²) in [6.45, 7) is 0. The fourth-order valence-electron chi connectivity index (χ4n) is 1.83. The van der Waals surface area contributed by atoms with E-state index in [1.807, 2.05) is 31.3 Å². The zero-order valence-corrected chi connectivity index (χ0v) is 10.5. The van der Waals surface area contributed by atoms with Gasteiger partial charge in [-0.2, -0.15) is 0 Å². The van der Waals surface area contributed by atoms with Crippen molar-refractivity contribution in [2.45, 2.75) is 6.04 Å². The lowest BCUT2D eigenvalue weighted by molar-refractivity contribution is 0.414. The lowest BCUT2D eigenvalue weighted by atomic mass is 10.0. The summed E-state index contributed by atoms with van der Waals surface area (Å²) >= 11 is 6.12. The van der Waals surface area contributed by atoms with Crippen molar-refractivity contribution < 1.29 is 9.15 Å². The third-order valence-corrected chi connectivity index (χ3v) is 2.97. The second-order valence-electron chi connectivity index (χ2n) is 3.67. The number of methoxy groups -OCH3 is 1. The number of halogens is 1. The second kappa shape index (κ2) is 5.25. The molecule has 1 atom stereocenters. The fraction of sp³-hybridized carbons (Fsp3) is 0.231. The molecule has 90 valence electrons. The van der Waals surface area contributed by atoms with Crippen LogP contribution in [0.3, 0.4) is 0 Å². The van der Waals surface area contributed by atoms with E-state index in [1.165, 1.54) is 0 Å². The molecule has 2 aromatic rings. The van der Waals surface area contributed by atoms with Gasteiger partial charge in [0.2, 0.25) is 0 Å². The van der Waals surface area contributed by atoms with Crippen LogP contribution in [0.4, 0.5) is 0 Å². The zero-order chi connectivity index (χ0) is 12.3. The van der Waals surface area contributed by atoms with Gasteiger partial charge in [-0.3, -0.25) is 0 Å². The number of nitrogens with one attached hydrogen (secondary N) is 1. The lowest BCUT2D eigenvalue weighted by Gasteiger charge is -2.16. The largest absolute Gasteiger partial charge is 0.495 e. The molecule has 1 heterocycles. The Morgan fingerprint density at radius 1 is 1.29 bits per heavy atom. The van der Waals surface area contributed by atoms with E-state index in [0.717, 1.165) is 11.1 Å². The number of benzene rings is 1. The topological polar surface area (TPSA) is 34.4 Å². The lowest BCUT2D eigenvalue weighted by Crippen LogP contribution is -2.16. The Bertz CT molecular complexity index is 482. The van der Waals surface area contributed by atoms with Gasteiger partial charge in [-0.1, -0.05) is 17.7 Å². The monoisotopic (exact) mass is 251 g/mol. The highest BCUT2D eigenvalue weighted by molar-refractivity contribution is 6.32. The zero-order valence-electron chi connectivity index (χ0n) is 9.74. The van der Waals surface area contributed by atoms with Crippen molar-refractivity contribution in [3.8, 4) is 5.75 Å². The van der Waals surface area contributed by atoms with Crippen LogP contribution >= 0.6 is 11.6 Å². The Morgan fingerprint density at radius 2 is 2.12 bits per heavy atom. The molecule has 0 amide bonds. The van der Waals surface area contributed by atoms with Gasteiger partial charge in [0.05, 0.1) is 30.7 Å². The van der Waals surface area contributed by atoms with Gasteiger partial charge in [-0.15, -0.1) is 0 Å². The number of furan rings is 1. The SMILES string of the molecule is CNC(c1ccoc1)c1ccc(OC)c(Cl)c1. The summed E-state index contributed by atoms with van der Waals surface area (Å²) < 4.78 is 10.2. The third-order valence-electron chi connectivity index (χ3n) is 2.67. The van der Waals surface area contributed by atoms with Gasteiger partial charge in [0.1, 0.15) is 5.75 Å². The molecular weight excluding hydrogens is 238 g/mol. The average molecular weight is 252 g/mol. The first-order valence-electron chi connectivity index (χ1n) is 5.29. The van der Waals surface area contributed by atoms with Crippen LogP contribution in [0.25, 0.3) is 0 Å². The van der Waals surface area contributed by atoms with E-state index in [4.69, 9.17) is 20.8 Å². The Labute approximate surface area is 105 Å². The van der Waals surface area contributed by atoms with E-state index in [9.17, 15) is 0 Å². The predicted molar refractivity (Wildman–Crippen MR) is 67.6 cm³/mol. The quantitative estimate of drug-likeness (QED) is 0.906. The van der Waals surface area contributed by atoms with E-state index in [-0.39, 0.29) is 6.04 Å². The first-order chi connectivity index (χ1) is 8.26. The van der Waals surface area contributed by atoms with Crippen LogP contribution < -0.4 is 10.1 Å². The molecule has 0 aliphatic rings. The van der Waals surface area contributed by atoms with Crippen molar-refractivity contribution in [2.75, 3.05) is 14.2 Å². The van der Waals surface area contributed by atoms with Gasteiger partial charge in [0.25, 0.3) is 0 Å². The van der Waals surface area contributed by atoms with Crippen LogP contribution in [0.2, 0.25) is 5.02 Å². The molecule has 1 aromatic carbocycles. The number of hydrogen-bond acceptors (Lipinski definition) is 3. The fourth-order valence-corrected chi connectivity index (χ4v) is 2.09. The summed E-state index contributed by atoms with van der Waals surface area (Å²) in [4.78, 5) is 0. The molecule has 2 rings (SSSR count). The van der Waals surface area contributed by atoms with Crippen LogP contribution in [0.15, 0.2) is 41.2 Å². The molecule has 0 radical (unpaired) electrons. The number of hydrogen-bond donors (Lipinski definition) is 1. The van der Waals surface area contributed by atoms with Crippen molar-refractivity contribution >= 4 is 11.6 Å². The number of rotatable bonds is 4. The molecule has 1 unspecified atom stereocenters. The summed E-state index contributed by atoms with van der Waals surface area (Å²) in [5.41, 5.74) is 2.13. The smallest absolute Gasteiger partial charge is 0.137 e. The Morgan fingerprint density at radius 3 is 2.65 bits per heavy atom. The molecule has 0 saturated heterocycles. The van der Waals surface area contributed by atoms with Crippen molar-refractivity contribution in [1.82, 2.24) is 5.32 Å². The maximum Gasteiger partial charge on any atom is 0.137 e. The van der Waals surface area contributed by atoms with Crippen molar-refractivity contribution in [3.63, 3.8) is 0 Å². The standard InChI is InChI=1S/C13H14ClNO2/c1-15-13(10-5-6-17-8-10)9-3-4-12(16-2)11(14)7-9/h3-8,13,15H,1-2H3. The summed E-state index contributed by atoms with van der Waals surface area (Å²) in [6.07, 6.45) is 3.38. The molecule has 0 bridgehead atoms. The molecular formula is C13H14ClNO2. The molecule has 17 heavy (non-hydrogen) atoms. The maximum absolute atomic E-state index is 6.12. The molecule has 0 saturated carbocycles. The molecule has 1 N–H and O–H groups in total. The second-order valence-corrected chi connectivity index (χ2v) is 4.08.